The molecule has 0 saturated heterocycles. The molecule has 4 rings (SSSR count). The minimum absolute atomic E-state index is 0.0434. The van der Waals surface area contributed by atoms with E-state index >= 15 is 0 Å². The van der Waals surface area contributed by atoms with Gasteiger partial charge in [-0.2, -0.15) is 0 Å². The number of rotatable bonds is 4. The Labute approximate surface area is 149 Å². The molecule has 25 heavy (non-hydrogen) atoms. The summed E-state index contributed by atoms with van der Waals surface area (Å²) in [6.45, 7) is 0. The zero-order valence-corrected chi connectivity index (χ0v) is 14.3. The molecule has 7 heteroatoms. The van der Waals surface area contributed by atoms with E-state index in [4.69, 9.17) is 0 Å². The van der Waals surface area contributed by atoms with E-state index < -0.39 is 0 Å². The predicted molar refractivity (Wildman–Crippen MR) is 95.5 cm³/mol. The van der Waals surface area contributed by atoms with E-state index in [9.17, 15) is 4.79 Å². The molecular weight excluding hydrogens is 334 g/mol. The molecule has 6 nitrogen and oxygen atoms in total. The highest BCUT2D eigenvalue weighted by molar-refractivity contribution is 7.99. The maximum absolute atomic E-state index is 12.4. The number of amides is 1. The number of thioether (sulfide) groups is 1. The van der Waals surface area contributed by atoms with E-state index in [1.165, 1.54) is 10.5 Å². The summed E-state index contributed by atoms with van der Waals surface area (Å²) in [5.41, 5.74) is 3.06. The van der Waals surface area contributed by atoms with Crippen LogP contribution >= 0.6 is 11.8 Å². The summed E-state index contributed by atoms with van der Waals surface area (Å²) >= 11 is 1.85. The molecule has 0 spiro atoms. The molecule has 1 aromatic heterocycles. The number of benzene rings is 2. The Morgan fingerprint density at radius 2 is 2.04 bits per heavy atom. The zero-order chi connectivity index (χ0) is 17.1. The largest absolute Gasteiger partial charge is 0.349 e. The highest BCUT2D eigenvalue weighted by atomic mass is 32.2. The van der Waals surface area contributed by atoms with Crippen LogP contribution in [0.25, 0.3) is 5.69 Å². The lowest BCUT2D eigenvalue weighted by molar-refractivity contribution is -0.121. The predicted octanol–water partition coefficient (Wildman–Crippen LogP) is 2.56. The van der Waals surface area contributed by atoms with Crippen molar-refractivity contribution in [3.05, 3.63) is 66.0 Å². The van der Waals surface area contributed by atoms with Crippen LogP contribution < -0.4 is 5.32 Å². The maximum atomic E-state index is 12.4. The molecule has 1 aliphatic heterocycles. The molecule has 0 fully saturated rings. The summed E-state index contributed by atoms with van der Waals surface area (Å²) in [4.78, 5) is 13.7. The van der Waals surface area contributed by atoms with Crippen molar-refractivity contribution >= 4 is 17.7 Å². The van der Waals surface area contributed by atoms with Gasteiger partial charge in [-0.05, 0) is 46.2 Å². The third kappa shape index (κ3) is 3.56. The van der Waals surface area contributed by atoms with E-state index in [2.05, 4.69) is 33.0 Å². The number of nitrogens with one attached hydrogen (secondary N) is 1. The molecule has 1 N–H and O–H groups in total. The van der Waals surface area contributed by atoms with Gasteiger partial charge >= 0.3 is 0 Å². The normalized spacial score (nSPS) is 16.2. The van der Waals surface area contributed by atoms with Gasteiger partial charge in [-0.1, -0.05) is 30.3 Å². The van der Waals surface area contributed by atoms with Crippen molar-refractivity contribution in [1.29, 1.82) is 0 Å². The van der Waals surface area contributed by atoms with Gasteiger partial charge < -0.3 is 5.32 Å². The van der Waals surface area contributed by atoms with Crippen molar-refractivity contribution in [2.75, 3.05) is 5.75 Å². The second-order valence-electron chi connectivity index (χ2n) is 5.89. The first-order chi connectivity index (χ1) is 12.3. The van der Waals surface area contributed by atoms with Gasteiger partial charge in [-0.15, -0.1) is 16.9 Å². The number of aromatic nitrogens is 4. The van der Waals surface area contributed by atoms with Gasteiger partial charge in [0.1, 0.15) is 6.33 Å². The number of tetrazole rings is 1. The third-order valence-corrected chi connectivity index (χ3v) is 5.33. The molecular formula is C18H17N5OS. The van der Waals surface area contributed by atoms with Crippen LogP contribution in [0.1, 0.15) is 23.6 Å². The quantitative estimate of drug-likeness (QED) is 0.782. The van der Waals surface area contributed by atoms with Gasteiger partial charge in [0.2, 0.25) is 5.91 Å². The average molecular weight is 351 g/mol. The van der Waals surface area contributed by atoms with Crippen LogP contribution in [0.3, 0.4) is 0 Å². The van der Waals surface area contributed by atoms with Crippen molar-refractivity contribution in [2.24, 2.45) is 0 Å². The Hall–Kier alpha value is -2.67. The molecule has 0 radical (unpaired) electrons. The standard InChI is InChI=1S/C18H17N5OS/c24-18(20-16-9-10-25-17-4-2-1-3-15(16)17)11-13-5-7-14(8-6-13)23-12-19-21-22-23/h1-8,12,16H,9-11H2,(H,20,24)/t16-/m1/s1. The molecule has 3 aromatic rings. The first-order valence-electron chi connectivity index (χ1n) is 8.13. The van der Waals surface area contributed by atoms with Gasteiger partial charge in [-0.3, -0.25) is 4.79 Å². The molecule has 2 heterocycles. The van der Waals surface area contributed by atoms with Gasteiger partial charge in [0, 0.05) is 10.6 Å². The lowest BCUT2D eigenvalue weighted by atomic mass is 10.0. The Morgan fingerprint density at radius 1 is 1.20 bits per heavy atom. The van der Waals surface area contributed by atoms with Crippen LogP contribution in [0.4, 0.5) is 0 Å². The summed E-state index contributed by atoms with van der Waals surface area (Å²) in [7, 11) is 0. The second kappa shape index (κ2) is 7.06. The van der Waals surface area contributed by atoms with E-state index in [0.29, 0.717) is 6.42 Å². The maximum Gasteiger partial charge on any atom is 0.224 e. The van der Waals surface area contributed by atoms with E-state index in [1.807, 2.05) is 48.2 Å². The van der Waals surface area contributed by atoms with Crippen LogP contribution in [0, 0.1) is 0 Å². The summed E-state index contributed by atoms with van der Waals surface area (Å²) in [6, 6.07) is 16.1. The van der Waals surface area contributed by atoms with Crippen molar-refractivity contribution < 1.29 is 4.79 Å². The molecule has 0 unspecified atom stereocenters. The van der Waals surface area contributed by atoms with Gasteiger partial charge in [-0.25, -0.2) is 4.68 Å². The second-order valence-corrected chi connectivity index (χ2v) is 7.03. The molecule has 0 aliphatic carbocycles. The smallest absolute Gasteiger partial charge is 0.224 e. The monoisotopic (exact) mass is 351 g/mol. The minimum Gasteiger partial charge on any atom is -0.349 e. The highest BCUT2D eigenvalue weighted by Crippen LogP contribution is 2.35. The van der Waals surface area contributed by atoms with Crippen LogP contribution in [-0.2, 0) is 11.2 Å². The summed E-state index contributed by atoms with van der Waals surface area (Å²) in [5, 5.41) is 14.3. The molecule has 1 amide bonds. The fourth-order valence-electron chi connectivity index (χ4n) is 2.97. The Kier molecular flexibility index (Phi) is 4.47. The Morgan fingerprint density at radius 3 is 2.84 bits per heavy atom. The van der Waals surface area contributed by atoms with Crippen LogP contribution in [0.15, 0.2) is 59.8 Å². The van der Waals surface area contributed by atoms with Crippen LogP contribution in [0.2, 0.25) is 0 Å². The molecule has 0 bridgehead atoms. The zero-order valence-electron chi connectivity index (χ0n) is 13.5. The number of fused-ring (bicyclic) bond motifs is 1. The highest BCUT2D eigenvalue weighted by Gasteiger charge is 2.21. The number of nitrogens with zero attached hydrogens (tertiary/aromatic N) is 4. The lowest BCUT2D eigenvalue weighted by Crippen LogP contribution is -2.31. The number of carbonyl (C=O) groups excluding carboxylic acids is 1. The molecule has 1 atom stereocenters. The first-order valence-corrected chi connectivity index (χ1v) is 9.11. The molecule has 126 valence electrons. The van der Waals surface area contributed by atoms with Crippen molar-refractivity contribution in [3.63, 3.8) is 0 Å². The number of hydrogen-bond acceptors (Lipinski definition) is 5. The van der Waals surface area contributed by atoms with Gasteiger partial charge in [0.15, 0.2) is 0 Å². The van der Waals surface area contributed by atoms with E-state index in [0.717, 1.165) is 23.4 Å². The van der Waals surface area contributed by atoms with Crippen molar-refractivity contribution in [2.45, 2.75) is 23.8 Å². The fraction of sp³-hybridized carbons (Fsp3) is 0.222. The fourth-order valence-corrected chi connectivity index (χ4v) is 4.09. The van der Waals surface area contributed by atoms with E-state index in [-0.39, 0.29) is 11.9 Å². The van der Waals surface area contributed by atoms with E-state index in [1.54, 1.807) is 11.0 Å². The average Bonchev–Trinajstić information content (AvgIpc) is 3.17. The van der Waals surface area contributed by atoms with Crippen LogP contribution in [-0.4, -0.2) is 31.9 Å². The van der Waals surface area contributed by atoms with Crippen molar-refractivity contribution in [3.8, 4) is 5.69 Å². The summed E-state index contributed by atoms with van der Waals surface area (Å²) in [6.07, 6.45) is 2.87. The van der Waals surface area contributed by atoms with Gasteiger partial charge in [0.05, 0.1) is 18.2 Å². The SMILES string of the molecule is O=C(Cc1ccc(-n2cnnn2)cc1)N[C@@H]1CCSc2ccccc21. The Bertz CT molecular complexity index is 863. The number of hydrogen-bond donors (Lipinski definition) is 1. The molecule has 0 saturated carbocycles. The minimum atomic E-state index is 0.0434. The number of carbonyl (C=O) groups is 1. The Balaban J connectivity index is 1.41. The topological polar surface area (TPSA) is 72.7 Å². The summed E-state index contributed by atoms with van der Waals surface area (Å²) < 4.78 is 1.58. The van der Waals surface area contributed by atoms with Gasteiger partial charge in [0.25, 0.3) is 0 Å². The van der Waals surface area contributed by atoms with Crippen LogP contribution in [0.5, 0.6) is 0 Å². The first kappa shape index (κ1) is 15.8. The van der Waals surface area contributed by atoms with Crippen molar-refractivity contribution in [1.82, 2.24) is 25.5 Å². The summed E-state index contributed by atoms with van der Waals surface area (Å²) in [5.74, 6) is 1.07. The molecule has 2 aromatic carbocycles. The molecule has 1 aliphatic rings. The third-order valence-electron chi connectivity index (χ3n) is 4.21. The lowest BCUT2D eigenvalue weighted by Gasteiger charge is -2.25.